The lowest BCUT2D eigenvalue weighted by Crippen LogP contribution is -2.52. The van der Waals surface area contributed by atoms with Crippen molar-refractivity contribution < 1.29 is 9.77 Å². The fourth-order valence-corrected chi connectivity index (χ4v) is 4.73. The Morgan fingerprint density at radius 1 is 1.46 bits per heavy atom. The summed E-state index contributed by atoms with van der Waals surface area (Å²) in [6, 6.07) is 10.1. The average molecular weight is 367 g/mol. The van der Waals surface area contributed by atoms with Crippen molar-refractivity contribution in [1.82, 2.24) is 9.80 Å². The Balaban J connectivity index is 1.58. The van der Waals surface area contributed by atoms with Crippen molar-refractivity contribution in [3.8, 4) is 0 Å². The summed E-state index contributed by atoms with van der Waals surface area (Å²) >= 11 is 3.34. The maximum Gasteiger partial charge on any atom is 0.277 e. The van der Waals surface area contributed by atoms with Crippen LogP contribution in [0.2, 0.25) is 0 Å². The van der Waals surface area contributed by atoms with E-state index in [9.17, 15) is 10.1 Å². The molecule has 1 aromatic carbocycles. The highest BCUT2D eigenvalue weighted by molar-refractivity contribution is 8.39. The van der Waals surface area contributed by atoms with E-state index in [0.29, 0.717) is 32.5 Å². The average Bonchev–Trinajstić information content (AvgIpc) is 2.98. The van der Waals surface area contributed by atoms with Gasteiger partial charge < -0.3 is 14.5 Å². The van der Waals surface area contributed by atoms with Crippen LogP contribution in [0.4, 0.5) is 0 Å². The van der Waals surface area contributed by atoms with E-state index in [1.165, 1.54) is 0 Å². The van der Waals surface area contributed by atoms with Gasteiger partial charge in [0.2, 0.25) is 0 Å². The Kier molecular flexibility index (Phi) is 5.59. The Labute approximate surface area is 148 Å². The highest BCUT2D eigenvalue weighted by Crippen LogP contribution is 2.33. The van der Waals surface area contributed by atoms with Gasteiger partial charge in [-0.05, 0) is 12.1 Å². The quantitative estimate of drug-likeness (QED) is 0.594. The van der Waals surface area contributed by atoms with Crippen molar-refractivity contribution >= 4 is 33.9 Å². The van der Waals surface area contributed by atoms with Crippen LogP contribution in [-0.4, -0.2) is 64.0 Å². The maximum atomic E-state index is 10.7. The zero-order valence-corrected chi connectivity index (χ0v) is 14.7. The minimum absolute atomic E-state index is 0.225. The SMILES string of the molecule is CN1COCN(CC2CN=C(Sc3ccccc3)S2)/C1=N/[N+](=O)[O-]. The van der Waals surface area contributed by atoms with Crippen molar-refractivity contribution in [2.75, 3.05) is 33.6 Å². The van der Waals surface area contributed by atoms with Gasteiger partial charge in [0.05, 0.1) is 6.54 Å². The van der Waals surface area contributed by atoms with Gasteiger partial charge in [-0.25, -0.2) is 10.1 Å². The largest absolute Gasteiger partial charge is 0.341 e. The Morgan fingerprint density at radius 3 is 3.00 bits per heavy atom. The highest BCUT2D eigenvalue weighted by Gasteiger charge is 2.30. The molecule has 0 amide bonds. The predicted molar refractivity (Wildman–Crippen MR) is 95.7 cm³/mol. The predicted octanol–water partition coefficient (Wildman–Crippen LogP) is 1.98. The molecule has 1 atom stereocenters. The topological polar surface area (TPSA) is 83.6 Å². The van der Waals surface area contributed by atoms with Crippen molar-refractivity contribution in [3.05, 3.63) is 40.4 Å². The minimum Gasteiger partial charge on any atom is -0.341 e. The molecule has 0 aliphatic carbocycles. The van der Waals surface area contributed by atoms with Crippen LogP contribution in [0.15, 0.2) is 45.3 Å². The third-order valence-corrected chi connectivity index (χ3v) is 5.70. The number of guanidine groups is 1. The molecule has 10 heteroatoms. The fraction of sp³-hybridized carbons (Fsp3) is 0.429. The third kappa shape index (κ3) is 4.40. The Bertz CT molecular complexity index is 655. The number of thioether (sulfide) groups is 2. The van der Waals surface area contributed by atoms with Gasteiger partial charge in [-0.3, -0.25) is 4.99 Å². The molecule has 1 saturated heterocycles. The van der Waals surface area contributed by atoms with E-state index in [4.69, 9.17) is 4.74 Å². The monoisotopic (exact) mass is 367 g/mol. The number of benzene rings is 1. The molecule has 3 rings (SSSR count). The molecule has 24 heavy (non-hydrogen) atoms. The summed E-state index contributed by atoms with van der Waals surface area (Å²) in [5.41, 5.74) is 0. The van der Waals surface area contributed by atoms with Crippen LogP contribution in [0.25, 0.3) is 0 Å². The van der Waals surface area contributed by atoms with Crippen LogP contribution in [0.3, 0.4) is 0 Å². The molecule has 0 bridgehead atoms. The summed E-state index contributed by atoms with van der Waals surface area (Å²) in [4.78, 5) is 19.9. The summed E-state index contributed by atoms with van der Waals surface area (Å²) < 4.78 is 6.45. The van der Waals surface area contributed by atoms with Crippen LogP contribution in [0.5, 0.6) is 0 Å². The lowest BCUT2D eigenvalue weighted by molar-refractivity contribution is -0.486. The van der Waals surface area contributed by atoms with E-state index >= 15 is 0 Å². The molecule has 0 spiro atoms. The molecule has 1 aromatic rings. The molecule has 0 aromatic heterocycles. The molecular formula is C14H17N5O3S2. The van der Waals surface area contributed by atoms with E-state index in [0.717, 1.165) is 9.27 Å². The fourth-order valence-electron chi connectivity index (χ4n) is 2.37. The van der Waals surface area contributed by atoms with Gasteiger partial charge in [0.25, 0.3) is 5.96 Å². The molecular weight excluding hydrogens is 350 g/mol. The van der Waals surface area contributed by atoms with Crippen LogP contribution in [0, 0.1) is 10.1 Å². The minimum atomic E-state index is -0.668. The number of aliphatic imine (C=N–C) groups is 1. The second-order valence-electron chi connectivity index (χ2n) is 5.28. The van der Waals surface area contributed by atoms with E-state index in [2.05, 4.69) is 22.2 Å². The molecule has 0 saturated carbocycles. The van der Waals surface area contributed by atoms with Gasteiger partial charge in [-0.2, -0.15) is 0 Å². The molecule has 8 nitrogen and oxygen atoms in total. The summed E-state index contributed by atoms with van der Waals surface area (Å²) in [5, 5.41) is 13.8. The first-order valence-corrected chi connectivity index (χ1v) is 9.02. The molecule has 0 N–H and O–H groups in total. The number of nitro groups is 1. The maximum absolute atomic E-state index is 10.7. The van der Waals surface area contributed by atoms with Gasteiger partial charge in [-0.1, -0.05) is 41.7 Å². The highest BCUT2D eigenvalue weighted by atomic mass is 32.2. The molecule has 2 aliphatic rings. The molecule has 0 radical (unpaired) electrons. The van der Waals surface area contributed by atoms with Crippen LogP contribution >= 0.6 is 23.5 Å². The number of hydrogen-bond acceptors (Lipinski definition) is 6. The lowest BCUT2D eigenvalue weighted by atomic mass is 10.4. The van der Waals surface area contributed by atoms with E-state index in [1.54, 1.807) is 40.4 Å². The number of nitrogens with zero attached hydrogens (tertiary/aromatic N) is 5. The van der Waals surface area contributed by atoms with E-state index in [1.807, 2.05) is 18.2 Å². The molecule has 1 unspecified atom stereocenters. The van der Waals surface area contributed by atoms with E-state index < -0.39 is 5.03 Å². The molecule has 2 heterocycles. The number of hydrogen-bond donors (Lipinski definition) is 0. The van der Waals surface area contributed by atoms with Crippen molar-refractivity contribution in [1.29, 1.82) is 0 Å². The second kappa shape index (κ2) is 7.86. The number of rotatable bonds is 4. The summed E-state index contributed by atoms with van der Waals surface area (Å²) in [6.45, 7) is 1.89. The standard InChI is InChI=1S/C14H17N5O3S2/c1-17-9-22-10-18(13(17)16-19(20)21)8-12-7-15-14(24-12)23-11-5-3-2-4-6-11/h2-6,12H,7-10H2,1H3/b16-13+. The van der Waals surface area contributed by atoms with Gasteiger partial charge in [-0.15, -0.1) is 0 Å². The summed E-state index contributed by atoms with van der Waals surface area (Å²) in [7, 11) is 1.73. The lowest BCUT2D eigenvalue weighted by Gasteiger charge is -2.35. The van der Waals surface area contributed by atoms with Crippen molar-refractivity contribution in [2.45, 2.75) is 10.1 Å². The van der Waals surface area contributed by atoms with Gasteiger partial charge in [0.1, 0.15) is 22.9 Å². The molecule has 2 aliphatic heterocycles. The first-order valence-electron chi connectivity index (χ1n) is 7.32. The van der Waals surface area contributed by atoms with Crippen molar-refractivity contribution in [2.24, 2.45) is 10.1 Å². The zero-order valence-electron chi connectivity index (χ0n) is 13.1. The smallest absolute Gasteiger partial charge is 0.277 e. The van der Waals surface area contributed by atoms with Crippen LogP contribution in [0.1, 0.15) is 0 Å². The van der Waals surface area contributed by atoms with Gasteiger partial charge in [0.15, 0.2) is 5.03 Å². The number of hydrazone groups is 1. The second-order valence-corrected chi connectivity index (χ2v) is 7.89. The van der Waals surface area contributed by atoms with Gasteiger partial charge >= 0.3 is 0 Å². The first-order chi connectivity index (χ1) is 11.6. The van der Waals surface area contributed by atoms with Crippen LogP contribution in [-0.2, 0) is 4.74 Å². The molecule has 1 fully saturated rings. The van der Waals surface area contributed by atoms with Crippen molar-refractivity contribution in [3.63, 3.8) is 0 Å². The van der Waals surface area contributed by atoms with Gasteiger partial charge in [0, 0.05) is 23.7 Å². The zero-order chi connectivity index (χ0) is 16.9. The Morgan fingerprint density at radius 2 is 2.25 bits per heavy atom. The van der Waals surface area contributed by atoms with E-state index in [-0.39, 0.29) is 5.25 Å². The first kappa shape index (κ1) is 17.1. The summed E-state index contributed by atoms with van der Waals surface area (Å²) in [6.07, 6.45) is 0. The van der Waals surface area contributed by atoms with Crippen LogP contribution < -0.4 is 0 Å². The summed E-state index contributed by atoms with van der Waals surface area (Å²) in [5.74, 6) is 0.330. The normalized spacial score (nSPS) is 22.8. The third-order valence-electron chi connectivity index (χ3n) is 3.39. The molecule has 128 valence electrons. The Hall–Kier alpha value is -1.78. The number of ether oxygens (including phenoxy) is 1.